The lowest BCUT2D eigenvalue weighted by Gasteiger charge is -2.15. The lowest BCUT2D eigenvalue weighted by molar-refractivity contribution is -0.119. The number of benzene rings is 1. The van der Waals surface area contributed by atoms with Crippen LogP contribution in [-0.4, -0.2) is 48.3 Å². The Labute approximate surface area is 204 Å². The van der Waals surface area contributed by atoms with E-state index in [4.69, 9.17) is 9.47 Å². The largest absolute Gasteiger partial charge is 0.464 e. The molecule has 0 aliphatic rings. The number of fused-ring (bicyclic) bond motifs is 1. The van der Waals surface area contributed by atoms with Crippen LogP contribution in [0.25, 0.3) is 11.0 Å². The van der Waals surface area contributed by atoms with Gasteiger partial charge in [0, 0.05) is 25.1 Å². The minimum atomic E-state index is -0.557. The maximum atomic E-state index is 13.2. The van der Waals surface area contributed by atoms with Crippen molar-refractivity contribution in [1.29, 1.82) is 0 Å². The fourth-order valence-corrected chi connectivity index (χ4v) is 3.96. The van der Waals surface area contributed by atoms with Gasteiger partial charge >= 0.3 is 5.97 Å². The Hall–Kier alpha value is -3.46. The Morgan fingerprint density at radius 2 is 1.86 bits per heavy atom. The zero-order chi connectivity index (χ0) is 25.5. The molecule has 0 aliphatic heterocycles. The van der Waals surface area contributed by atoms with E-state index in [1.165, 1.54) is 26.4 Å². The highest BCUT2D eigenvalue weighted by atomic mass is 19.1. The summed E-state index contributed by atoms with van der Waals surface area (Å²) in [5.74, 6) is -0.810. The fraction of sp³-hybridized carbons (Fsp3) is 0.423. The molecule has 9 heteroatoms. The number of carbonyl (C=O) groups is 2. The molecule has 0 spiro atoms. The van der Waals surface area contributed by atoms with Gasteiger partial charge in [-0.3, -0.25) is 4.79 Å². The van der Waals surface area contributed by atoms with Gasteiger partial charge in [0.2, 0.25) is 5.91 Å². The summed E-state index contributed by atoms with van der Waals surface area (Å²) in [5, 5.41) is 6.84. The maximum Gasteiger partial charge on any atom is 0.356 e. The summed E-state index contributed by atoms with van der Waals surface area (Å²) in [6, 6.07) is 8.29. The van der Waals surface area contributed by atoms with Gasteiger partial charge in [0.1, 0.15) is 18.1 Å². The SMILES string of the molecule is COCC(=O)Nc1c(C(=O)OC)n(CCC(C)C)c2ncc(NC(C)Cc3ccc(F)cc3)cc12. The van der Waals surface area contributed by atoms with Gasteiger partial charge in [0.25, 0.3) is 0 Å². The molecule has 0 bridgehead atoms. The number of nitrogens with zero attached hydrogens (tertiary/aromatic N) is 2. The summed E-state index contributed by atoms with van der Waals surface area (Å²) in [5.41, 5.74) is 2.90. The third-order valence-electron chi connectivity index (χ3n) is 5.62. The summed E-state index contributed by atoms with van der Waals surface area (Å²) >= 11 is 0. The number of aryl methyl sites for hydroxylation is 1. The van der Waals surface area contributed by atoms with E-state index in [0.29, 0.717) is 35.6 Å². The number of rotatable bonds is 11. The number of pyridine rings is 1. The van der Waals surface area contributed by atoms with E-state index in [-0.39, 0.29) is 30.1 Å². The van der Waals surface area contributed by atoms with Crippen LogP contribution in [0.3, 0.4) is 0 Å². The predicted molar refractivity (Wildman–Crippen MR) is 134 cm³/mol. The monoisotopic (exact) mass is 484 g/mol. The number of hydrogen-bond donors (Lipinski definition) is 2. The van der Waals surface area contributed by atoms with E-state index in [1.807, 2.05) is 13.0 Å². The number of anilines is 2. The van der Waals surface area contributed by atoms with Crippen LogP contribution in [0.5, 0.6) is 0 Å². The highest BCUT2D eigenvalue weighted by Gasteiger charge is 2.26. The summed E-state index contributed by atoms with van der Waals surface area (Å²) in [7, 11) is 2.74. The number of amides is 1. The second kappa shape index (κ2) is 11.8. The molecule has 1 amide bonds. The standard InChI is InChI=1S/C26H33FN4O4/c1-16(2)10-11-31-24(26(33)35-5)23(30-22(32)15-34-4)21-13-20(14-28-25(21)31)29-17(3)12-18-6-8-19(27)9-7-18/h6-9,13-14,16-17,29H,10-12,15H2,1-5H3,(H,30,32). The molecular formula is C26H33FN4O4. The van der Waals surface area contributed by atoms with Crippen molar-refractivity contribution in [2.24, 2.45) is 5.92 Å². The van der Waals surface area contributed by atoms with E-state index >= 15 is 0 Å². The van der Waals surface area contributed by atoms with Gasteiger partial charge in [0.15, 0.2) is 5.69 Å². The Balaban J connectivity index is 2.01. The molecule has 0 aliphatic carbocycles. The molecule has 3 rings (SSSR count). The molecule has 0 saturated heterocycles. The number of ether oxygens (including phenoxy) is 2. The van der Waals surface area contributed by atoms with Crippen molar-refractivity contribution in [3.05, 3.63) is 53.6 Å². The van der Waals surface area contributed by atoms with Crippen molar-refractivity contribution in [2.45, 2.75) is 46.2 Å². The van der Waals surface area contributed by atoms with Crippen LogP contribution in [0.4, 0.5) is 15.8 Å². The molecule has 0 saturated carbocycles. The fourth-order valence-electron chi connectivity index (χ4n) is 3.96. The molecule has 35 heavy (non-hydrogen) atoms. The molecule has 1 atom stereocenters. The topological polar surface area (TPSA) is 94.5 Å². The first-order valence-electron chi connectivity index (χ1n) is 11.6. The van der Waals surface area contributed by atoms with Gasteiger partial charge in [0.05, 0.1) is 24.7 Å². The van der Waals surface area contributed by atoms with Crippen molar-refractivity contribution in [3.63, 3.8) is 0 Å². The van der Waals surface area contributed by atoms with Crippen LogP contribution in [0.15, 0.2) is 36.5 Å². The van der Waals surface area contributed by atoms with Crippen LogP contribution in [-0.2, 0) is 27.2 Å². The average molecular weight is 485 g/mol. The molecular weight excluding hydrogens is 451 g/mol. The predicted octanol–water partition coefficient (Wildman–Crippen LogP) is 4.64. The van der Waals surface area contributed by atoms with E-state index in [2.05, 4.69) is 29.5 Å². The highest BCUT2D eigenvalue weighted by molar-refractivity contribution is 6.11. The number of esters is 1. The molecule has 2 aromatic heterocycles. The molecule has 2 heterocycles. The Morgan fingerprint density at radius 1 is 1.14 bits per heavy atom. The second-order valence-electron chi connectivity index (χ2n) is 9.00. The Morgan fingerprint density at radius 3 is 2.49 bits per heavy atom. The number of carbonyl (C=O) groups excluding carboxylic acids is 2. The molecule has 0 fully saturated rings. The van der Waals surface area contributed by atoms with Gasteiger partial charge in [-0.25, -0.2) is 14.2 Å². The lowest BCUT2D eigenvalue weighted by atomic mass is 10.1. The number of halogens is 1. The summed E-state index contributed by atoms with van der Waals surface area (Å²) < 4.78 is 25.0. The van der Waals surface area contributed by atoms with Crippen molar-refractivity contribution in [3.8, 4) is 0 Å². The van der Waals surface area contributed by atoms with Crippen LogP contribution < -0.4 is 10.6 Å². The number of methoxy groups -OCH3 is 2. The smallest absolute Gasteiger partial charge is 0.356 e. The number of aromatic nitrogens is 2. The van der Waals surface area contributed by atoms with Gasteiger partial charge in [-0.1, -0.05) is 26.0 Å². The van der Waals surface area contributed by atoms with Crippen molar-refractivity contribution >= 4 is 34.3 Å². The molecule has 8 nitrogen and oxygen atoms in total. The third kappa shape index (κ3) is 6.57. The van der Waals surface area contributed by atoms with Crippen LogP contribution in [0, 0.1) is 11.7 Å². The van der Waals surface area contributed by atoms with Crippen molar-refractivity contribution < 1.29 is 23.5 Å². The number of hydrogen-bond acceptors (Lipinski definition) is 6. The molecule has 1 unspecified atom stereocenters. The normalized spacial score (nSPS) is 12.1. The zero-order valence-corrected chi connectivity index (χ0v) is 20.9. The van der Waals surface area contributed by atoms with Crippen molar-refractivity contribution in [1.82, 2.24) is 9.55 Å². The van der Waals surface area contributed by atoms with Crippen LogP contribution in [0.1, 0.15) is 43.2 Å². The first-order chi connectivity index (χ1) is 16.7. The van der Waals surface area contributed by atoms with Crippen LogP contribution in [0.2, 0.25) is 0 Å². The molecule has 3 aromatic rings. The summed E-state index contributed by atoms with van der Waals surface area (Å²) in [6.45, 7) is 6.60. The summed E-state index contributed by atoms with van der Waals surface area (Å²) in [6.07, 6.45) is 3.20. The first-order valence-corrected chi connectivity index (χ1v) is 11.6. The number of nitrogens with one attached hydrogen (secondary N) is 2. The van der Waals surface area contributed by atoms with Crippen molar-refractivity contribution in [2.75, 3.05) is 31.5 Å². The van der Waals surface area contributed by atoms with Gasteiger partial charge in [-0.2, -0.15) is 0 Å². The summed E-state index contributed by atoms with van der Waals surface area (Å²) in [4.78, 5) is 29.9. The Bertz CT molecular complexity index is 1170. The quantitative estimate of drug-likeness (QED) is 0.385. The average Bonchev–Trinajstić information content (AvgIpc) is 3.11. The minimum absolute atomic E-state index is 0.0225. The van der Waals surface area contributed by atoms with Gasteiger partial charge in [-0.15, -0.1) is 0 Å². The highest BCUT2D eigenvalue weighted by Crippen LogP contribution is 2.33. The van der Waals surface area contributed by atoms with Crippen LogP contribution >= 0.6 is 0 Å². The Kier molecular flexibility index (Phi) is 8.81. The zero-order valence-electron chi connectivity index (χ0n) is 20.9. The molecule has 1 aromatic carbocycles. The van der Waals surface area contributed by atoms with Gasteiger partial charge in [-0.05, 0) is 49.4 Å². The van der Waals surface area contributed by atoms with E-state index in [0.717, 1.165) is 17.7 Å². The van der Waals surface area contributed by atoms with E-state index in [9.17, 15) is 14.0 Å². The van der Waals surface area contributed by atoms with E-state index in [1.54, 1.807) is 22.9 Å². The molecule has 2 N–H and O–H groups in total. The first kappa shape index (κ1) is 26.2. The maximum absolute atomic E-state index is 13.2. The lowest BCUT2D eigenvalue weighted by Crippen LogP contribution is -2.20. The molecule has 188 valence electrons. The van der Waals surface area contributed by atoms with E-state index < -0.39 is 5.97 Å². The van der Waals surface area contributed by atoms with Gasteiger partial charge < -0.3 is 24.7 Å². The molecule has 0 radical (unpaired) electrons. The second-order valence-corrected chi connectivity index (χ2v) is 9.00. The minimum Gasteiger partial charge on any atom is -0.464 e. The third-order valence-corrected chi connectivity index (χ3v) is 5.62.